The van der Waals surface area contributed by atoms with Crippen LogP contribution >= 0.6 is 0 Å². The molecule has 11 aromatic rings. The van der Waals surface area contributed by atoms with Crippen molar-refractivity contribution in [1.29, 1.82) is 0 Å². The third kappa shape index (κ3) is 3.90. The highest BCUT2D eigenvalue weighted by atomic mass is 16.3. The predicted octanol–water partition coefficient (Wildman–Crippen LogP) is 13.9. The van der Waals surface area contributed by atoms with Crippen LogP contribution in [0.15, 0.2) is 179 Å². The second-order valence-corrected chi connectivity index (χ2v) is 13.2. The fraction of sp³-hybridized carbons (Fsp3) is 0. The van der Waals surface area contributed by atoms with Crippen LogP contribution < -0.4 is 0 Å². The van der Waals surface area contributed by atoms with Crippen LogP contribution in [0.4, 0.5) is 0 Å². The molecule has 9 aromatic carbocycles. The summed E-state index contributed by atoms with van der Waals surface area (Å²) in [5.74, 6) is 0. The Morgan fingerprint density at radius 2 is 0.740 bits per heavy atom. The number of benzene rings is 9. The van der Waals surface area contributed by atoms with E-state index in [9.17, 15) is 0 Å². The minimum atomic E-state index is 0.835. The molecule has 0 saturated carbocycles. The summed E-state index contributed by atoms with van der Waals surface area (Å²) >= 11 is 0. The van der Waals surface area contributed by atoms with Gasteiger partial charge in [0, 0.05) is 27.6 Å². The normalized spacial score (nSPS) is 12.0. The maximum atomic E-state index is 6.60. The van der Waals surface area contributed by atoms with Gasteiger partial charge in [0.05, 0.1) is 0 Å². The molecule has 0 spiro atoms. The average Bonchev–Trinajstić information content (AvgIpc) is 3.73. The molecule has 0 bridgehead atoms. The van der Waals surface area contributed by atoms with Gasteiger partial charge >= 0.3 is 0 Å². The average molecular weight is 637 g/mol. The molecule has 2 nitrogen and oxygen atoms in total. The first kappa shape index (κ1) is 27.3. The molecular formula is C48H28O2. The van der Waals surface area contributed by atoms with E-state index in [4.69, 9.17) is 8.83 Å². The zero-order valence-corrected chi connectivity index (χ0v) is 27.0. The van der Waals surface area contributed by atoms with Gasteiger partial charge in [0.15, 0.2) is 0 Å². The van der Waals surface area contributed by atoms with Gasteiger partial charge in [-0.05, 0) is 83.9 Å². The molecule has 50 heavy (non-hydrogen) atoms. The van der Waals surface area contributed by atoms with Gasteiger partial charge in [0.2, 0.25) is 0 Å². The summed E-state index contributed by atoms with van der Waals surface area (Å²) in [4.78, 5) is 0. The lowest BCUT2D eigenvalue weighted by Crippen LogP contribution is -1.91. The van der Waals surface area contributed by atoms with Crippen LogP contribution in [0.2, 0.25) is 0 Å². The Kier molecular flexibility index (Phi) is 5.70. The molecule has 0 unspecified atom stereocenters. The Morgan fingerprint density at radius 1 is 0.260 bits per heavy atom. The molecule has 11 rings (SSSR count). The van der Waals surface area contributed by atoms with Gasteiger partial charge < -0.3 is 8.83 Å². The highest BCUT2D eigenvalue weighted by Crippen LogP contribution is 2.45. The van der Waals surface area contributed by atoms with Crippen LogP contribution in [0.3, 0.4) is 0 Å². The van der Waals surface area contributed by atoms with Crippen molar-refractivity contribution in [2.75, 3.05) is 0 Å². The van der Waals surface area contributed by atoms with E-state index in [-0.39, 0.29) is 0 Å². The Labute approximate surface area is 287 Å². The van der Waals surface area contributed by atoms with E-state index in [0.717, 1.165) is 55.0 Å². The van der Waals surface area contributed by atoms with Gasteiger partial charge in [-0.2, -0.15) is 0 Å². The molecular weight excluding hydrogens is 609 g/mol. The van der Waals surface area contributed by atoms with E-state index in [0.29, 0.717) is 0 Å². The number of hydrogen-bond acceptors (Lipinski definition) is 2. The molecule has 0 amide bonds. The first-order valence-electron chi connectivity index (χ1n) is 17.1. The Balaban J connectivity index is 1.11. The highest BCUT2D eigenvalue weighted by molar-refractivity contribution is 6.25. The monoisotopic (exact) mass is 636 g/mol. The van der Waals surface area contributed by atoms with E-state index < -0.39 is 0 Å². The van der Waals surface area contributed by atoms with Gasteiger partial charge in [-0.1, -0.05) is 146 Å². The lowest BCUT2D eigenvalue weighted by molar-refractivity contribution is 0.656. The maximum Gasteiger partial charge on any atom is 0.139 e. The zero-order chi connectivity index (χ0) is 32.8. The quantitative estimate of drug-likeness (QED) is 0.180. The molecule has 0 aliphatic rings. The summed E-state index contributed by atoms with van der Waals surface area (Å²) < 4.78 is 12.8. The van der Waals surface area contributed by atoms with Gasteiger partial charge in [0.1, 0.15) is 22.3 Å². The Bertz CT molecular complexity index is 3070. The van der Waals surface area contributed by atoms with Crippen molar-refractivity contribution >= 4 is 76.2 Å². The van der Waals surface area contributed by atoms with E-state index >= 15 is 0 Å². The van der Waals surface area contributed by atoms with Crippen molar-refractivity contribution in [1.82, 2.24) is 0 Å². The summed E-state index contributed by atoms with van der Waals surface area (Å²) in [5, 5.41) is 11.9. The molecule has 0 atom stereocenters. The van der Waals surface area contributed by atoms with Gasteiger partial charge in [-0.15, -0.1) is 0 Å². The SMILES string of the molecule is c1ccc(-c2c3ccccc3c(-c3ccc(-c4cc5oc6cc7oc8ccccc8c7cc6c5c5ccccc45)cc3)c3ccccc23)cc1. The number of furan rings is 2. The molecule has 232 valence electrons. The molecule has 2 heterocycles. The lowest BCUT2D eigenvalue weighted by atomic mass is 9.85. The van der Waals surface area contributed by atoms with Crippen molar-refractivity contribution in [3.8, 4) is 33.4 Å². The van der Waals surface area contributed by atoms with Crippen LogP contribution in [0.5, 0.6) is 0 Å². The van der Waals surface area contributed by atoms with E-state index in [1.807, 2.05) is 18.2 Å². The Hall–Kier alpha value is -6.64. The molecule has 2 aromatic heterocycles. The van der Waals surface area contributed by atoms with E-state index in [1.54, 1.807) is 0 Å². The smallest absolute Gasteiger partial charge is 0.139 e. The summed E-state index contributed by atoms with van der Waals surface area (Å²) in [7, 11) is 0. The third-order valence-corrected chi connectivity index (χ3v) is 10.5. The van der Waals surface area contributed by atoms with E-state index in [2.05, 4.69) is 152 Å². The van der Waals surface area contributed by atoms with Crippen molar-refractivity contribution in [2.24, 2.45) is 0 Å². The molecule has 2 heteroatoms. The van der Waals surface area contributed by atoms with Crippen LogP contribution in [0, 0.1) is 0 Å². The minimum Gasteiger partial charge on any atom is -0.456 e. The Morgan fingerprint density at radius 3 is 1.40 bits per heavy atom. The fourth-order valence-electron chi connectivity index (χ4n) is 8.27. The second kappa shape index (κ2) is 10.4. The van der Waals surface area contributed by atoms with Crippen molar-refractivity contribution in [3.05, 3.63) is 170 Å². The maximum absolute atomic E-state index is 6.60. The van der Waals surface area contributed by atoms with Crippen LogP contribution in [-0.2, 0) is 0 Å². The largest absolute Gasteiger partial charge is 0.456 e. The summed E-state index contributed by atoms with van der Waals surface area (Å²) in [6.07, 6.45) is 0. The van der Waals surface area contributed by atoms with Gasteiger partial charge in [0.25, 0.3) is 0 Å². The number of fused-ring (bicyclic) bond motifs is 10. The first-order valence-corrected chi connectivity index (χ1v) is 17.1. The molecule has 0 fully saturated rings. The van der Waals surface area contributed by atoms with Crippen LogP contribution in [0.1, 0.15) is 0 Å². The summed E-state index contributed by atoms with van der Waals surface area (Å²) in [5.41, 5.74) is 10.7. The predicted molar refractivity (Wildman–Crippen MR) is 210 cm³/mol. The van der Waals surface area contributed by atoms with Crippen molar-refractivity contribution < 1.29 is 8.83 Å². The number of para-hydroxylation sites is 1. The summed E-state index contributed by atoms with van der Waals surface area (Å²) in [6.45, 7) is 0. The standard InChI is InChI=1S/C48H28O2/c1-2-12-30(13-3-1)46-35-17-6-8-19-37(35)47(38-20-9-7-18-36(38)46)31-24-22-29(23-25-31)39-27-45-48(34-16-5-4-14-32(34)39)41-26-40-33-15-10-11-21-42(33)49-43(40)28-44(41)50-45/h1-28H. The van der Waals surface area contributed by atoms with Gasteiger partial charge in [-0.25, -0.2) is 0 Å². The fourth-order valence-corrected chi connectivity index (χ4v) is 8.27. The highest BCUT2D eigenvalue weighted by Gasteiger charge is 2.19. The van der Waals surface area contributed by atoms with Crippen LogP contribution in [0.25, 0.3) is 110 Å². The second-order valence-electron chi connectivity index (χ2n) is 13.2. The molecule has 0 aliphatic heterocycles. The summed E-state index contributed by atoms with van der Waals surface area (Å²) in [6, 6.07) is 60.9. The molecule has 0 aliphatic carbocycles. The number of rotatable bonds is 3. The minimum absolute atomic E-state index is 0.835. The molecule has 0 saturated heterocycles. The molecule has 0 radical (unpaired) electrons. The number of hydrogen-bond donors (Lipinski definition) is 0. The van der Waals surface area contributed by atoms with Gasteiger partial charge in [-0.3, -0.25) is 0 Å². The van der Waals surface area contributed by atoms with Crippen molar-refractivity contribution in [3.63, 3.8) is 0 Å². The zero-order valence-electron chi connectivity index (χ0n) is 27.0. The molecule has 0 N–H and O–H groups in total. The van der Waals surface area contributed by atoms with E-state index in [1.165, 1.54) is 54.6 Å². The lowest BCUT2D eigenvalue weighted by Gasteiger charge is -2.18. The first-order chi connectivity index (χ1) is 24.8. The van der Waals surface area contributed by atoms with Crippen molar-refractivity contribution in [2.45, 2.75) is 0 Å². The third-order valence-electron chi connectivity index (χ3n) is 10.5. The van der Waals surface area contributed by atoms with Crippen LogP contribution in [-0.4, -0.2) is 0 Å². The topological polar surface area (TPSA) is 26.3 Å².